The minimum absolute atomic E-state index is 0.347. The molecular weight excluding hydrogens is 148 g/mol. The molecule has 0 saturated heterocycles. The van der Waals surface area contributed by atoms with Crippen LogP contribution in [0.5, 0.6) is 5.75 Å². The Morgan fingerprint density at radius 3 is 2.00 bits per heavy atom. The maximum absolute atomic E-state index is 8.92. The fourth-order valence-corrected chi connectivity index (χ4v) is 0.951. The molecule has 0 aliphatic rings. The normalized spacial score (nSPS) is 8.58. The van der Waals surface area contributed by atoms with E-state index < -0.39 is 0 Å². The van der Waals surface area contributed by atoms with Crippen molar-refractivity contribution in [2.24, 2.45) is 0 Å². The average molecular weight is 166 g/mol. The standard InChI is InChI=1S/C9H12O.C2H6/c1-2-3-8-4-6-9(10)7-5-8;1-2/h4-7,10H,2-3H2,1H3;1-2H3. The molecule has 1 nitrogen and oxygen atoms in total. The lowest BCUT2D eigenvalue weighted by Gasteiger charge is -1.96. The molecule has 0 saturated carbocycles. The fourth-order valence-electron chi connectivity index (χ4n) is 0.951. The van der Waals surface area contributed by atoms with Gasteiger partial charge in [0.2, 0.25) is 0 Å². The van der Waals surface area contributed by atoms with Crippen LogP contribution in [0.3, 0.4) is 0 Å². The van der Waals surface area contributed by atoms with Gasteiger partial charge < -0.3 is 5.11 Å². The van der Waals surface area contributed by atoms with Crippen LogP contribution in [-0.2, 0) is 6.42 Å². The van der Waals surface area contributed by atoms with Crippen LogP contribution in [0.25, 0.3) is 0 Å². The van der Waals surface area contributed by atoms with E-state index in [0.717, 1.165) is 12.8 Å². The topological polar surface area (TPSA) is 20.2 Å². The van der Waals surface area contributed by atoms with Crippen LogP contribution >= 0.6 is 0 Å². The molecule has 1 aromatic rings. The van der Waals surface area contributed by atoms with Crippen molar-refractivity contribution in [3.8, 4) is 5.75 Å². The van der Waals surface area contributed by atoms with Crippen LogP contribution in [0.1, 0.15) is 32.8 Å². The minimum Gasteiger partial charge on any atom is -0.508 e. The number of phenols is 1. The van der Waals surface area contributed by atoms with Crippen molar-refractivity contribution in [3.05, 3.63) is 29.8 Å². The predicted octanol–water partition coefficient (Wildman–Crippen LogP) is 3.37. The summed E-state index contributed by atoms with van der Waals surface area (Å²) in [4.78, 5) is 0. The number of benzene rings is 1. The molecule has 1 N–H and O–H groups in total. The van der Waals surface area contributed by atoms with Crippen molar-refractivity contribution in [2.75, 3.05) is 0 Å². The van der Waals surface area contributed by atoms with Gasteiger partial charge in [-0.2, -0.15) is 0 Å². The number of rotatable bonds is 2. The first-order chi connectivity index (χ1) is 5.83. The van der Waals surface area contributed by atoms with Gasteiger partial charge in [0.25, 0.3) is 0 Å². The molecule has 0 aliphatic carbocycles. The third kappa shape index (κ3) is 4.02. The summed E-state index contributed by atoms with van der Waals surface area (Å²) in [6.45, 7) is 6.15. The second-order valence-electron chi connectivity index (χ2n) is 2.42. The summed E-state index contributed by atoms with van der Waals surface area (Å²) in [6, 6.07) is 7.37. The van der Waals surface area contributed by atoms with E-state index in [9.17, 15) is 0 Å². The van der Waals surface area contributed by atoms with Crippen molar-refractivity contribution in [1.29, 1.82) is 0 Å². The second-order valence-corrected chi connectivity index (χ2v) is 2.42. The summed E-state index contributed by atoms with van der Waals surface area (Å²) >= 11 is 0. The Labute approximate surface area is 75.1 Å². The lowest BCUT2D eigenvalue weighted by Crippen LogP contribution is -1.79. The van der Waals surface area contributed by atoms with Gasteiger partial charge in [-0.3, -0.25) is 0 Å². The minimum atomic E-state index is 0.347. The number of aryl methyl sites for hydroxylation is 1. The number of phenolic OH excluding ortho intramolecular Hbond substituents is 1. The van der Waals surface area contributed by atoms with Crippen molar-refractivity contribution in [3.63, 3.8) is 0 Å². The Balaban J connectivity index is 0.000000561. The number of aromatic hydroxyl groups is 1. The van der Waals surface area contributed by atoms with E-state index in [4.69, 9.17) is 5.11 Å². The molecule has 68 valence electrons. The Hall–Kier alpha value is -0.980. The van der Waals surface area contributed by atoms with E-state index in [-0.39, 0.29) is 0 Å². The van der Waals surface area contributed by atoms with Gasteiger partial charge in [-0.15, -0.1) is 0 Å². The van der Waals surface area contributed by atoms with Crippen LogP contribution in [0.2, 0.25) is 0 Å². The zero-order chi connectivity index (χ0) is 9.40. The first-order valence-corrected chi connectivity index (χ1v) is 4.61. The third-order valence-electron chi connectivity index (χ3n) is 1.48. The van der Waals surface area contributed by atoms with Gasteiger partial charge in [0.15, 0.2) is 0 Å². The smallest absolute Gasteiger partial charge is 0.115 e. The molecule has 0 spiro atoms. The van der Waals surface area contributed by atoms with Gasteiger partial charge in [-0.25, -0.2) is 0 Å². The van der Waals surface area contributed by atoms with Crippen LogP contribution in [-0.4, -0.2) is 5.11 Å². The fraction of sp³-hybridized carbons (Fsp3) is 0.455. The van der Waals surface area contributed by atoms with Crippen LogP contribution in [0.4, 0.5) is 0 Å². The summed E-state index contributed by atoms with van der Waals surface area (Å²) in [5.74, 6) is 0.347. The van der Waals surface area contributed by atoms with E-state index in [1.807, 2.05) is 26.0 Å². The molecule has 1 aromatic carbocycles. The Morgan fingerprint density at radius 1 is 1.08 bits per heavy atom. The molecule has 0 atom stereocenters. The zero-order valence-electron chi connectivity index (χ0n) is 8.17. The summed E-state index contributed by atoms with van der Waals surface area (Å²) < 4.78 is 0. The Kier molecular flexibility index (Phi) is 6.16. The van der Waals surface area contributed by atoms with E-state index in [1.165, 1.54) is 5.56 Å². The number of hydrogen-bond donors (Lipinski definition) is 1. The molecule has 12 heavy (non-hydrogen) atoms. The maximum atomic E-state index is 8.92. The molecule has 1 rings (SSSR count). The van der Waals surface area contributed by atoms with Crippen molar-refractivity contribution < 1.29 is 5.11 Å². The van der Waals surface area contributed by atoms with Gasteiger partial charge in [0, 0.05) is 0 Å². The second kappa shape index (κ2) is 6.71. The van der Waals surface area contributed by atoms with Crippen molar-refractivity contribution >= 4 is 0 Å². The molecule has 1 heteroatoms. The molecule has 0 unspecified atom stereocenters. The highest BCUT2D eigenvalue weighted by Gasteiger charge is 1.89. The Bertz CT molecular complexity index is 189. The van der Waals surface area contributed by atoms with Gasteiger partial charge >= 0.3 is 0 Å². The summed E-state index contributed by atoms with van der Waals surface area (Å²) in [7, 11) is 0. The van der Waals surface area contributed by atoms with Gasteiger partial charge in [0.1, 0.15) is 5.75 Å². The monoisotopic (exact) mass is 166 g/mol. The van der Waals surface area contributed by atoms with E-state index in [2.05, 4.69) is 6.92 Å². The lowest BCUT2D eigenvalue weighted by molar-refractivity contribution is 0.475. The maximum Gasteiger partial charge on any atom is 0.115 e. The molecule has 0 bridgehead atoms. The van der Waals surface area contributed by atoms with E-state index in [0.29, 0.717) is 5.75 Å². The molecule has 0 heterocycles. The Morgan fingerprint density at radius 2 is 1.58 bits per heavy atom. The SMILES string of the molecule is CC.CCCc1ccc(O)cc1. The first-order valence-electron chi connectivity index (χ1n) is 4.61. The van der Waals surface area contributed by atoms with Crippen molar-refractivity contribution in [2.45, 2.75) is 33.6 Å². The first kappa shape index (κ1) is 11.0. The lowest BCUT2D eigenvalue weighted by atomic mass is 10.1. The van der Waals surface area contributed by atoms with Gasteiger partial charge in [0.05, 0.1) is 0 Å². The highest BCUT2D eigenvalue weighted by Crippen LogP contribution is 2.10. The molecule has 0 amide bonds. The molecular formula is C11H18O. The van der Waals surface area contributed by atoms with Crippen LogP contribution in [0.15, 0.2) is 24.3 Å². The quantitative estimate of drug-likeness (QED) is 0.714. The van der Waals surface area contributed by atoms with Crippen molar-refractivity contribution in [1.82, 2.24) is 0 Å². The summed E-state index contributed by atoms with van der Waals surface area (Å²) in [6.07, 6.45) is 2.26. The van der Waals surface area contributed by atoms with Crippen LogP contribution < -0.4 is 0 Å². The van der Waals surface area contributed by atoms with E-state index >= 15 is 0 Å². The van der Waals surface area contributed by atoms with Crippen LogP contribution in [0, 0.1) is 0 Å². The van der Waals surface area contributed by atoms with Gasteiger partial charge in [-0.1, -0.05) is 39.3 Å². The molecule has 0 fully saturated rings. The third-order valence-corrected chi connectivity index (χ3v) is 1.48. The number of hydrogen-bond acceptors (Lipinski definition) is 1. The van der Waals surface area contributed by atoms with E-state index in [1.54, 1.807) is 12.1 Å². The largest absolute Gasteiger partial charge is 0.508 e. The highest BCUT2D eigenvalue weighted by molar-refractivity contribution is 5.25. The molecule has 0 aliphatic heterocycles. The average Bonchev–Trinajstić information content (AvgIpc) is 2.13. The molecule has 0 aromatic heterocycles. The van der Waals surface area contributed by atoms with Gasteiger partial charge in [-0.05, 0) is 24.1 Å². The summed E-state index contributed by atoms with van der Waals surface area (Å²) in [5.41, 5.74) is 1.29. The highest BCUT2D eigenvalue weighted by atomic mass is 16.3. The summed E-state index contributed by atoms with van der Waals surface area (Å²) in [5, 5.41) is 8.92. The predicted molar refractivity (Wildman–Crippen MR) is 53.4 cm³/mol. The zero-order valence-corrected chi connectivity index (χ0v) is 8.17. The molecule has 0 radical (unpaired) electrons.